The third-order valence-electron chi connectivity index (χ3n) is 4.47. The summed E-state index contributed by atoms with van der Waals surface area (Å²) in [5.74, 6) is 1.35. The summed E-state index contributed by atoms with van der Waals surface area (Å²) >= 11 is 1.72. The monoisotopic (exact) mass is 573 g/mol. The van der Waals surface area contributed by atoms with Gasteiger partial charge >= 0.3 is 6.09 Å². The molecule has 0 spiro atoms. The van der Waals surface area contributed by atoms with Crippen molar-refractivity contribution in [2.75, 3.05) is 45.7 Å². The SMILES string of the molecule is CSCCNC(=NCC(=O)N(C)C)NCC1C(C)OC(C)(C)N1C(=O)OC(C)(C)C.I. The molecule has 31 heavy (non-hydrogen) atoms. The molecule has 1 saturated heterocycles. The number of amides is 2. The number of carbonyl (C=O) groups is 2. The first-order valence-electron chi connectivity index (χ1n) is 10.2. The quantitative estimate of drug-likeness (QED) is 0.209. The second-order valence-electron chi connectivity index (χ2n) is 8.94. The van der Waals surface area contributed by atoms with Gasteiger partial charge in [-0.05, 0) is 47.8 Å². The molecular weight excluding hydrogens is 533 g/mol. The zero-order valence-corrected chi connectivity index (χ0v) is 23.4. The van der Waals surface area contributed by atoms with Gasteiger partial charge < -0.3 is 25.0 Å². The van der Waals surface area contributed by atoms with Crippen LogP contribution in [0.1, 0.15) is 41.5 Å². The maximum atomic E-state index is 12.9. The van der Waals surface area contributed by atoms with Gasteiger partial charge in [-0.2, -0.15) is 11.8 Å². The smallest absolute Gasteiger partial charge is 0.412 e. The average Bonchev–Trinajstić information content (AvgIpc) is 2.82. The fourth-order valence-electron chi connectivity index (χ4n) is 3.06. The number of ether oxygens (including phenoxy) is 2. The molecule has 0 radical (unpaired) electrons. The van der Waals surface area contributed by atoms with E-state index in [1.54, 1.807) is 30.8 Å². The van der Waals surface area contributed by atoms with E-state index in [-0.39, 0.29) is 48.6 Å². The van der Waals surface area contributed by atoms with Gasteiger partial charge in [0.15, 0.2) is 5.96 Å². The summed E-state index contributed by atoms with van der Waals surface area (Å²) in [6.45, 7) is 12.3. The van der Waals surface area contributed by atoms with Crippen molar-refractivity contribution in [3.05, 3.63) is 0 Å². The van der Waals surface area contributed by atoms with Crippen LogP contribution in [0, 0.1) is 0 Å². The number of halogens is 1. The minimum absolute atomic E-state index is 0. The summed E-state index contributed by atoms with van der Waals surface area (Å²) in [6.07, 6.45) is 1.41. The average molecular weight is 574 g/mol. The summed E-state index contributed by atoms with van der Waals surface area (Å²) in [6, 6.07) is -0.257. The molecular formula is C20H40IN5O4S. The predicted octanol–water partition coefficient (Wildman–Crippen LogP) is 2.35. The van der Waals surface area contributed by atoms with Gasteiger partial charge in [0.25, 0.3) is 0 Å². The molecule has 1 aliphatic heterocycles. The lowest BCUT2D eigenvalue weighted by atomic mass is 10.1. The van der Waals surface area contributed by atoms with E-state index in [1.807, 2.05) is 47.8 Å². The number of hydrogen-bond donors (Lipinski definition) is 2. The van der Waals surface area contributed by atoms with Gasteiger partial charge in [-0.3, -0.25) is 9.69 Å². The molecule has 2 unspecified atom stereocenters. The number of nitrogens with one attached hydrogen (secondary N) is 2. The van der Waals surface area contributed by atoms with Gasteiger partial charge in [0.2, 0.25) is 5.91 Å². The molecule has 0 aromatic rings. The molecule has 2 N–H and O–H groups in total. The van der Waals surface area contributed by atoms with E-state index >= 15 is 0 Å². The molecule has 0 aromatic carbocycles. The highest BCUT2D eigenvalue weighted by molar-refractivity contribution is 14.0. The Morgan fingerprint density at radius 2 is 1.87 bits per heavy atom. The van der Waals surface area contributed by atoms with Gasteiger partial charge in [0.05, 0.1) is 12.1 Å². The fraction of sp³-hybridized carbons (Fsp3) is 0.850. The van der Waals surface area contributed by atoms with Crippen molar-refractivity contribution in [2.45, 2.75) is 65.0 Å². The van der Waals surface area contributed by atoms with Crippen LogP contribution in [-0.4, -0.2) is 97.0 Å². The Hall–Kier alpha value is -0.950. The largest absolute Gasteiger partial charge is 0.444 e. The molecule has 0 aliphatic carbocycles. The standard InChI is InChI=1S/C20H39N5O4S.HI/c1-14-15(25(20(5,6)28-14)18(27)29-19(2,3)4)12-22-17(21-10-11-30-9)23-13-16(26)24(7)8;/h14-15H,10-13H2,1-9H3,(H2,21,22,23);1H. The number of thioether (sulfide) groups is 1. The lowest BCUT2D eigenvalue weighted by Gasteiger charge is -2.35. The summed E-state index contributed by atoms with van der Waals surface area (Å²) in [5.41, 5.74) is -1.39. The number of rotatable bonds is 7. The Morgan fingerprint density at radius 3 is 2.39 bits per heavy atom. The van der Waals surface area contributed by atoms with Crippen molar-refractivity contribution in [2.24, 2.45) is 4.99 Å². The Kier molecular flexibility index (Phi) is 12.5. The summed E-state index contributed by atoms with van der Waals surface area (Å²) in [5, 5.41) is 6.49. The zero-order chi connectivity index (χ0) is 23.1. The van der Waals surface area contributed by atoms with E-state index < -0.39 is 17.4 Å². The van der Waals surface area contributed by atoms with Gasteiger partial charge in [0, 0.05) is 32.9 Å². The molecule has 1 heterocycles. The Balaban J connectivity index is 0.00000900. The lowest BCUT2D eigenvalue weighted by molar-refractivity contribution is -0.127. The number of likely N-dealkylation sites (N-methyl/N-ethyl adjacent to an activating group) is 1. The van der Waals surface area contributed by atoms with E-state index in [1.165, 1.54) is 4.90 Å². The van der Waals surface area contributed by atoms with Gasteiger partial charge in [0.1, 0.15) is 17.9 Å². The van der Waals surface area contributed by atoms with Gasteiger partial charge in [-0.25, -0.2) is 9.79 Å². The number of guanidine groups is 1. The van der Waals surface area contributed by atoms with Crippen LogP contribution in [0.2, 0.25) is 0 Å². The highest BCUT2D eigenvalue weighted by Crippen LogP contribution is 2.33. The first kappa shape index (κ1) is 30.0. The van der Waals surface area contributed by atoms with Crippen molar-refractivity contribution < 1.29 is 19.1 Å². The van der Waals surface area contributed by atoms with Crippen LogP contribution in [0.3, 0.4) is 0 Å². The van der Waals surface area contributed by atoms with Crippen LogP contribution in [0.15, 0.2) is 4.99 Å². The molecule has 11 heteroatoms. The third-order valence-corrected chi connectivity index (χ3v) is 5.08. The number of nitrogens with zero attached hydrogens (tertiary/aromatic N) is 3. The van der Waals surface area contributed by atoms with Gasteiger partial charge in [-0.15, -0.1) is 24.0 Å². The zero-order valence-electron chi connectivity index (χ0n) is 20.3. The van der Waals surface area contributed by atoms with E-state index in [0.29, 0.717) is 19.0 Å². The highest BCUT2D eigenvalue weighted by Gasteiger charge is 2.49. The lowest BCUT2D eigenvalue weighted by Crippen LogP contribution is -2.54. The van der Waals surface area contributed by atoms with E-state index in [2.05, 4.69) is 15.6 Å². The van der Waals surface area contributed by atoms with Gasteiger partial charge in [-0.1, -0.05) is 0 Å². The molecule has 0 bridgehead atoms. The minimum Gasteiger partial charge on any atom is -0.444 e. The minimum atomic E-state index is -0.793. The normalized spacial score (nSPS) is 20.7. The first-order chi connectivity index (χ1) is 13.8. The van der Waals surface area contributed by atoms with E-state index in [0.717, 1.165) is 5.75 Å². The van der Waals surface area contributed by atoms with Crippen molar-refractivity contribution in [3.8, 4) is 0 Å². The van der Waals surface area contributed by atoms with Crippen LogP contribution in [0.25, 0.3) is 0 Å². The Morgan fingerprint density at radius 1 is 1.26 bits per heavy atom. The Bertz CT molecular complexity index is 625. The molecule has 1 aliphatic rings. The molecule has 9 nitrogen and oxygen atoms in total. The second kappa shape index (κ2) is 12.9. The second-order valence-corrected chi connectivity index (χ2v) is 9.93. The maximum absolute atomic E-state index is 12.9. The van der Waals surface area contributed by atoms with E-state index in [9.17, 15) is 9.59 Å². The van der Waals surface area contributed by atoms with Crippen molar-refractivity contribution in [1.29, 1.82) is 0 Å². The first-order valence-corrected chi connectivity index (χ1v) is 11.6. The molecule has 182 valence electrons. The highest BCUT2D eigenvalue weighted by atomic mass is 127. The fourth-order valence-corrected chi connectivity index (χ4v) is 3.36. The summed E-state index contributed by atoms with van der Waals surface area (Å²) in [4.78, 5) is 32.3. The van der Waals surface area contributed by atoms with Crippen LogP contribution < -0.4 is 10.6 Å². The van der Waals surface area contributed by atoms with E-state index in [4.69, 9.17) is 9.47 Å². The number of carbonyl (C=O) groups excluding carboxylic acids is 2. The Labute approximate surface area is 208 Å². The van der Waals surface area contributed by atoms with Crippen LogP contribution in [0.5, 0.6) is 0 Å². The summed E-state index contributed by atoms with van der Waals surface area (Å²) in [7, 11) is 3.40. The molecule has 1 fully saturated rings. The number of hydrogen-bond acceptors (Lipinski definition) is 6. The van der Waals surface area contributed by atoms with Crippen LogP contribution in [0.4, 0.5) is 4.79 Å². The van der Waals surface area contributed by atoms with Crippen molar-refractivity contribution in [1.82, 2.24) is 20.4 Å². The summed E-state index contributed by atoms with van der Waals surface area (Å²) < 4.78 is 11.6. The maximum Gasteiger partial charge on any atom is 0.412 e. The number of aliphatic imine (C=N–C) groups is 1. The molecule has 1 rings (SSSR count). The molecule has 0 saturated carbocycles. The molecule has 2 amide bonds. The van der Waals surface area contributed by atoms with Crippen LogP contribution >= 0.6 is 35.7 Å². The topological polar surface area (TPSA) is 95.5 Å². The molecule has 2 atom stereocenters. The third kappa shape index (κ3) is 10.0. The molecule has 0 aromatic heterocycles. The predicted molar refractivity (Wildman–Crippen MR) is 137 cm³/mol. The van der Waals surface area contributed by atoms with Crippen molar-refractivity contribution >= 4 is 53.7 Å². The van der Waals surface area contributed by atoms with Crippen molar-refractivity contribution in [3.63, 3.8) is 0 Å². The van der Waals surface area contributed by atoms with Crippen LogP contribution in [-0.2, 0) is 14.3 Å².